The van der Waals surface area contributed by atoms with Crippen LogP contribution in [0, 0.1) is 0 Å². The van der Waals surface area contributed by atoms with Crippen molar-refractivity contribution in [1.29, 1.82) is 0 Å². The largest absolute Gasteiger partial charge is 0.497 e. The molecule has 172 valence electrons. The third-order valence-electron chi connectivity index (χ3n) is 4.28. The van der Waals surface area contributed by atoms with Crippen LogP contribution in [0.1, 0.15) is 43.7 Å². The summed E-state index contributed by atoms with van der Waals surface area (Å²) < 4.78 is 16.7. The van der Waals surface area contributed by atoms with E-state index < -0.39 is 5.91 Å². The maximum atomic E-state index is 12.5. The van der Waals surface area contributed by atoms with Crippen LogP contribution >= 0.6 is 0 Å². The van der Waals surface area contributed by atoms with Crippen LogP contribution in [0.5, 0.6) is 17.2 Å². The van der Waals surface area contributed by atoms with Crippen molar-refractivity contribution in [2.45, 2.75) is 39.9 Å². The summed E-state index contributed by atoms with van der Waals surface area (Å²) in [5.41, 5.74) is 4.76. The van der Waals surface area contributed by atoms with Crippen molar-refractivity contribution in [2.75, 3.05) is 7.11 Å². The number of aromatic nitrogens is 2. The van der Waals surface area contributed by atoms with Gasteiger partial charge in [0.1, 0.15) is 22.9 Å². The molecule has 8 nitrogen and oxygen atoms in total. The molecule has 0 unspecified atom stereocenters. The standard InChI is InChI=1S/C25H28N4O4/c1-16(2)32-21-10-18(11-22(12-21)33-17(3)4)13-27-29-25(30)24-15-26-14-23(28-24)19-6-8-20(31-5)9-7-19/h6-17H,1-5H3,(H,29,30)/b27-13+. The average Bonchev–Trinajstić information content (AvgIpc) is 2.78. The highest BCUT2D eigenvalue weighted by Crippen LogP contribution is 2.24. The number of hydrazone groups is 1. The van der Waals surface area contributed by atoms with Crippen LogP contribution < -0.4 is 19.6 Å². The van der Waals surface area contributed by atoms with E-state index in [2.05, 4.69) is 20.5 Å². The van der Waals surface area contributed by atoms with E-state index in [-0.39, 0.29) is 17.9 Å². The lowest BCUT2D eigenvalue weighted by atomic mass is 10.1. The van der Waals surface area contributed by atoms with Gasteiger partial charge >= 0.3 is 0 Å². The van der Waals surface area contributed by atoms with Gasteiger partial charge in [-0.1, -0.05) is 0 Å². The van der Waals surface area contributed by atoms with Crippen molar-refractivity contribution >= 4 is 12.1 Å². The fourth-order valence-electron chi connectivity index (χ4n) is 2.95. The van der Waals surface area contributed by atoms with Gasteiger partial charge in [0.2, 0.25) is 0 Å². The van der Waals surface area contributed by atoms with Crippen LogP contribution in [0.25, 0.3) is 11.3 Å². The van der Waals surface area contributed by atoms with E-state index in [0.717, 1.165) is 16.9 Å². The summed E-state index contributed by atoms with van der Waals surface area (Å²) in [6.07, 6.45) is 4.54. The highest BCUT2D eigenvalue weighted by molar-refractivity contribution is 5.93. The molecule has 1 heterocycles. The van der Waals surface area contributed by atoms with Gasteiger partial charge in [-0.15, -0.1) is 0 Å². The fraction of sp³-hybridized carbons (Fsp3) is 0.280. The topological polar surface area (TPSA) is 94.9 Å². The van der Waals surface area contributed by atoms with Crippen molar-refractivity contribution in [1.82, 2.24) is 15.4 Å². The zero-order valence-corrected chi connectivity index (χ0v) is 19.4. The molecule has 0 saturated heterocycles. The van der Waals surface area contributed by atoms with Gasteiger partial charge in [-0.2, -0.15) is 5.10 Å². The Kier molecular flexibility index (Phi) is 7.96. The second-order valence-electron chi connectivity index (χ2n) is 7.79. The molecule has 0 spiro atoms. The highest BCUT2D eigenvalue weighted by Gasteiger charge is 2.10. The lowest BCUT2D eigenvalue weighted by Crippen LogP contribution is -2.19. The lowest BCUT2D eigenvalue weighted by Gasteiger charge is -2.14. The molecule has 1 N–H and O–H groups in total. The predicted octanol–water partition coefficient (Wildman–Crippen LogP) is 4.49. The number of carbonyl (C=O) groups is 1. The molecule has 1 aromatic heterocycles. The molecule has 0 atom stereocenters. The quantitative estimate of drug-likeness (QED) is 0.383. The molecule has 1 amide bonds. The first-order valence-electron chi connectivity index (χ1n) is 10.6. The van der Waals surface area contributed by atoms with E-state index in [0.29, 0.717) is 17.2 Å². The van der Waals surface area contributed by atoms with E-state index >= 15 is 0 Å². The van der Waals surface area contributed by atoms with Crippen LogP contribution in [-0.4, -0.2) is 41.4 Å². The fourth-order valence-corrected chi connectivity index (χ4v) is 2.95. The van der Waals surface area contributed by atoms with E-state index in [1.54, 1.807) is 13.3 Å². The van der Waals surface area contributed by atoms with Gasteiger partial charge in [0.15, 0.2) is 0 Å². The maximum absolute atomic E-state index is 12.5. The van der Waals surface area contributed by atoms with Crippen molar-refractivity contribution < 1.29 is 19.0 Å². The second kappa shape index (κ2) is 11.1. The summed E-state index contributed by atoms with van der Waals surface area (Å²) in [5.74, 6) is 1.59. The van der Waals surface area contributed by atoms with Gasteiger partial charge in [0, 0.05) is 17.2 Å². The number of hydrogen-bond acceptors (Lipinski definition) is 7. The number of rotatable bonds is 9. The first-order chi connectivity index (χ1) is 15.8. The lowest BCUT2D eigenvalue weighted by molar-refractivity contribution is 0.0950. The van der Waals surface area contributed by atoms with E-state index in [1.165, 1.54) is 12.4 Å². The minimum atomic E-state index is -0.470. The third-order valence-corrected chi connectivity index (χ3v) is 4.28. The van der Waals surface area contributed by atoms with Gasteiger partial charge in [0.25, 0.3) is 5.91 Å². The number of hydrogen-bond donors (Lipinski definition) is 1. The summed E-state index contributed by atoms with van der Waals surface area (Å²) in [6, 6.07) is 12.8. The van der Waals surface area contributed by atoms with Crippen LogP contribution in [-0.2, 0) is 0 Å². The van der Waals surface area contributed by atoms with E-state index in [1.807, 2.05) is 70.2 Å². The van der Waals surface area contributed by atoms with Crippen LogP contribution in [0.15, 0.2) is 60.0 Å². The van der Waals surface area contributed by atoms with Crippen molar-refractivity contribution in [3.8, 4) is 28.5 Å². The smallest absolute Gasteiger partial charge is 0.291 e. The Morgan fingerprint density at radius 3 is 2.15 bits per heavy atom. The summed E-state index contributed by atoms with van der Waals surface area (Å²) in [6.45, 7) is 7.80. The number of benzene rings is 2. The van der Waals surface area contributed by atoms with Crippen LogP contribution in [0.2, 0.25) is 0 Å². The number of amides is 1. The predicted molar refractivity (Wildman–Crippen MR) is 127 cm³/mol. The van der Waals surface area contributed by atoms with Crippen molar-refractivity contribution in [3.63, 3.8) is 0 Å². The normalized spacial score (nSPS) is 11.1. The first kappa shape index (κ1) is 23.7. The summed E-state index contributed by atoms with van der Waals surface area (Å²) in [5, 5.41) is 4.06. The minimum Gasteiger partial charge on any atom is -0.497 e. The van der Waals surface area contributed by atoms with Gasteiger partial charge in [-0.05, 0) is 64.1 Å². The number of carbonyl (C=O) groups excluding carboxylic acids is 1. The molecule has 3 aromatic rings. The Morgan fingerprint density at radius 2 is 1.58 bits per heavy atom. The molecule has 3 rings (SSSR count). The molecule has 0 aliphatic carbocycles. The molecule has 0 aliphatic rings. The molecular formula is C25H28N4O4. The van der Waals surface area contributed by atoms with Crippen molar-refractivity contribution in [3.05, 3.63) is 66.1 Å². The van der Waals surface area contributed by atoms with Gasteiger partial charge < -0.3 is 14.2 Å². The molecule has 0 saturated carbocycles. The number of ether oxygens (including phenoxy) is 3. The summed E-state index contributed by atoms with van der Waals surface area (Å²) >= 11 is 0. The summed E-state index contributed by atoms with van der Waals surface area (Å²) in [7, 11) is 1.60. The SMILES string of the molecule is COc1ccc(-c2cncc(C(=O)N/N=C/c3cc(OC(C)C)cc(OC(C)C)c3)n2)cc1. The second-order valence-corrected chi connectivity index (χ2v) is 7.79. The molecular weight excluding hydrogens is 420 g/mol. The average molecular weight is 449 g/mol. The Labute approximate surface area is 193 Å². The Balaban J connectivity index is 1.73. The minimum absolute atomic E-state index is 0.0142. The van der Waals surface area contributed by atoms with E-state index in [9.17, 15) is 4.79 Å². The van der Waals surface area contributed by atoms with Gasteiger partial charge in [-0.25, -0.2) is 10.4 Å². The maximum Gasteiger partial charge on any atom is 0.291 e. The molecule has 2 aromatic carbocycles. The van der Waals surface area contributed by atoms with E-state index in [4.69, 9.17) is 14.2 Å². The van der Waals surface area contributed by atoms with Gasteiger partial charge in [0.05, 0.1) is 43.6 Å². The zero-order valence-electron chi connectivity index (χ0n) is 19.4. The Hall–Kier alpha value is -3.94. The molecule has 0 aliphatic heterocycles. The molecule has 8 heteroatoms. The number of nitrogens with zero attached hydrogens (tertiary/aromatic N) is 3. The number of methoxy groups -OCH3 is 1. The van der Waals surface area contributed by atoms with Crippen molar-refractivity contribution in [2.24, 2.45) is 5.10 Å². The van der Waals surface area contributed by atoms with Crippen LogP contribution in [0.4, 0.5) is 0 Å². The zero-order chi connectivity index (χ0) is 23.8. The van der Waals surface area contributed by atoms with Crippen LogP contribution in [0.3, 0.4) is 0 Å². The molecule has 0 radical (unpaired) electrons. The Bertz CT molecular complexity index is 1080. The summed E-state index contributed by atoms with van der Waals surface area (Å²) in [4.78, 5) is 21.1. The monoisotopic (exact) mass is 448 g/mol. The molecule has 0 fully saturated rings. The molecule has 0 bridgehead atoms. The third kappa shape index (κ3) is 7.03. The molecule has 33 heavy (non-hydrogen) atoms. The highest BCUT2D eigenvalue weighted by atomic mass is 16.5. The first-order valence-corrected chi connectivity index (χ1v) is 10.6. The Morgan fingerprint density at radius 1 is 0.939 bits per heavy atom. The van der Waals surface area contributed by atoms with Gasteiger partial charge in [-0.3, -0.25) is 9.78 Å². The number of nitrogens with one attached hydrogen (secondary N) is 1.